The maximum atomic E-state index is 6.02. The fourth-order valence-electron chi connectivity index (χ4n) is 4.06. The first-order chi connectivity index (χ1) is 9.30. The normalized spacial score (nSPS) is 32.4. The summed E-state index contributed by atoms with van der Waals surface area (Å²) in [7, 11) is 0. The fourth-order valence-corrected chi connectivity index (χ4v) is 4.06. The van der Waals surface area contributed by atoms with Gasteiger partial charge in [-0.05, 0) is 71.0 Å². The first-order valence-electron chi connectivity index (χ1n) is 8.42. The standard InChI is InChI=1S/C16H30N2O/c1-2-9-18-10-4-14(5-11-18)17-15-6-12-19-16(13-15)7-3-8-16/h14-15,17H,2-13H2,1H3. The third kappa shape index (κ3) is 3.32. The maximum absolute atomic E-state index is 6.02. The SMILES string of the molecule is CCCN1CCC(NC2CCOC3(CCC3)C2)CC1. The van der Waals surface area contributed by atoms with Crippen molar-refractivity contribution in [2.45, 2.75) is 76.0 Å². The number of nitrogens with zero attached hydrogens (tertiary/aromatic N) is 1. The number of piperidine rings is 1. The van der Waals surface area contributed by atoms with Crippen LogP contribution in [0.3, 0.4) is 0 Å². The Morgan fingerprint density at radius 3 is 2.58 bits per heavy atom. The van der Waals surface area contributed by atoms with Gasteiger partial charge in [-0.3, -0.25) is 0 Å². The molecule has 3 aliphatic rings. The van der Waals surface area contributed by atoms with Crippen molar-refractivity contribution >= 4 is 0 Å². The monoisotopic (exact) mass is 266 g/mol. The molecule has 3 rings (SSSR count). The van der Waals surface area contributed by atoms with Gasteiger partial charge in [-0.1, -0.05) is 6.92 Å². The van der Waals surface area contributed by atoms with Gasteiger partial charge in [0.25, 0.3) is 0 Å². The molecule has 0 amide bonds. The molecule has 3 fully saturated rings. The van der Waals surface area contributed by atoms with E-state index in [1.54, 1.807) is 0 Å². The van der Waals surface area contributed by atoms with E-state index < -0.39 is 0 Å². The summed E-state index contributed by atoms with van der Waals surface area (Å²) < 4.78 is 6.02. The largest absolute Gasteiger partial charge is 0.375 e. The molecule has 1 saturated carbocycles. The lowest BCUT2D eigenvalue weighted by molar-refractivity contribution is -0.136. The predicted molar refractivity (Wildman–Crippen MR) is 78.4 cm³/mol. The van der Waals surface area contributed by atoms with Gasteiger partial charge in [0.2, 0.25) is 0 Å². The molecule has 0 aromatic carbocycles. The smallest absolute Gasteiger partial charge is 0.0697 e. The van der Waals surface area contributed by atoms with Crippen LogP contribution in [0, 0.1) is 0 Å². The van der Waals surface area contributed by atoms with Gasteiger partial charge in [-0.15, -0.1) is 0 Å². The van der Waals surface area contributed by atoms with E-state index in [2.05, 4.69) is 17.1 Å². The fraction of sp³-hybridized carbons (Fsp3) is 1.00. The number of nitrogens with one attached hydrogen (secondary N) is 1. The van der Waals surface area contributed by atoms with Crippen LogP contribution < -0.4 is 5.32 Å². The van der Waals surface area contributed by atoms with Gasteiger partial charge < -0.3 is 15.0 Å². The molecule has 3 heteroatoms. The van der Waals surface area contributed by atoms with Crippen LogP contribution in [0.15, 0.2) is 0 Å². The molecule has 1 atom stereocenters. The van der Waals surface area contributed by atoms with Crippen LogP contribution in [0.25, 0.3) is 0 Å². The van der Waals surface area contributed by atoms with Crippen LogP contribution >= 0.6 is 0 Å². The Kier molecular flexibility index (Phi) is 4.45. The van der Waals surface area contributed by atoms with E-state index in [0.29, 0.717) is 5.60 Å². The summed E-state index contributed by atoms with van der Waals surface area (Å²) in [6.07, 6.45) is 10.4. The second-order valence-corrected chi connectivity index (χ2v) is 6.86. The highest BCUT2D eigenvalue weighted by molar-refractivity contribution is 4.97. The van der Waals surface area contributed by atoms with Crippen molar-refractivity contribution in [1.82, 2.24) is 10.2 Å². The Morgan fingerprint density at radius 2 is 1.95 bits per heavy atom. The van der Waals surface area contributed by atoms with Crippen LogP contribution in [0.2, 0.25) is 0 Å². The number of likely N-dealkylation sites (tertiary alicyclic amines) is 1. The molecule has 2 aliphatic heterocycles. The number of hydrogen-bond acceptors (Lipinski definition) is 3. The zero-order valence-corrected chi connectivity index (χ0v) is 12.5. The third-order valence-corrected chi connectivity index (χ3v) is 5.36. The first kappa shape index (κ1) is 13.8. The Morgan fingerprint density at radius 1 is 1.16 bits per heavy atom. The first-order valence-corrected chi connectivity index (χ1v) is 8.42. The Balaban J connectivity index is 1.42. The second-order valence-electron chi connectivity index (χ2n) is 6.86. The second kappa shape index (κ2) is 6.11. The molecule has 0 bridgehead atoms. The molecule has 2 heterocycles. The van der Waals surface area contributed by atoms with Crippen LogP contribution in [0.1, 0.15) is 58.3 Å². The minimum absolute atomic E-state index is 0.291. The summed E-state index contributed by atoms with van der Waals surface area (Å²) in [6, 6.07) is 1.48. The van der Waals surface area contributed by atoms with Gasteiger partial charge in [0.15, 0.2) is 0 Å². The lowest BCUT2D eigenvalue weighted by Crippen LogP contribution is -2.54. The van der Waals surface area contributed by atoms with E-state index in [9.17, 15) is 0 Å². The van der Waals surface area contributed by atoms with Crippen LogP contribution in [0.4, 0.5) is 0 Å². The van der Waals surface area contributed by atoms with Gasteiger partial charge in [-0.25, -0.2) is 0 Å². The molecule has 2 saturated heterocycles. The van der Waals surface area contributed by atoms with Gasteiger partial charge >= 0.3 is 0 Å². The lowest BCUT2D eigenvalue weighted by Gasteiger charge is -2.48. The molecule has 0 aromatic heterocycles. The summed E-state index contributed by atoms with van der Waals surface area (Å²) in [5.74, 6) is 0. The average Bonchev–Trinajstić information content (AvgIpc) is 2.40. The van der Waals surface area contributed by atoms with E-state index in [1.807, 2.05) is 0 Å². The summed E-state index contributed by atoms with van der Waals surface area (Å²) >= 11 is 0. The predicted octanol–water partition coefficient (Wildman–Crippen LogP) is 2.55. The minimum atomic E-state index is 0.291. The van der Waals surface area contributed by atoms with Crippen LogP contribution in [0.5, 0.6) is 0 Å². The van der Waals surface area contributed by atoms with E-state index >= 15 is 0 Å². The van der Waals surface area contributed by atoms with Gasteiger partial charge in [-0.2, -0.15) is 0 Å². The van der Waals surface area contributed by atoms with Crippen molar-refractivity contribution in [3.8, 4) is 0 Å². The Labute approximate surface area is 118 Å². The van der Waals surface area contributed by atoms with Crippen molar-refractivity contribution in [1.29, 1.82) is 0 Å². The highest BCUT2D eigenvalue weighted by atomic mass is 16.5. The highest BCUT2D eigenvalue weighted by Crippen LogP contribution is 2.42. The summed E-state index contributed by atoms with van der Waals surface area (Å²) in [5, 5.41) is 3.94. The minimum Gasteiger partial charge on any atom is -0.375 e. The van der Waals surface area contributed by atoms with E-state index in [4.69, 9.17) is 4.74 Å². The van der Waals surface area contributed by atoms with E-state index in [1.165, 1.54) is 71.0 Å². The molecule has 0 radical (unpaired) electrons. The third-order valence-electron chi connectivity index (χ3n) is 5.36. The molecule has 19 heavy (non-hydrogen) atoms. The maximum Gasteiger partial charge on any atom is 0.0697 e. The molecule has 1 N–H and O–H groups in total. The van der Waals surface area contributed by atoms with Crippen LogP contribution in [-0.2, 0) is 4.74 Å². The molecule has 1 spiro atoms. The van der Waals surface area contributed by atoms with Crippen molar-refractivity contribution in [2.75, 3.05) is 26.2 Å². The number of rotatable bonds is 4. The number of hydrogen-bond donors (Lipinski definition) is 1. The molecular weight excluding hydrogens is 236 g/mol. The summed E-state index contributed by atoms with van der Waals surface area (Å²) in [5.41, 5.74) is 0.291. The van der Waals surface area contributed by atoms with Gasteiger partial charge in [0.1, 0.15) is 0 Å². The summed E-state index contributed by atoms with van der Waals surface area (Å²) in [6.45, 7) is 7.13. The van der Waals surface area contributed by atoms with Crippen molar-refractivity contribution in [3.63, 3.8) is 0 Å². The van der Waals surface area contributed by atoms with E-state index in [0.717, 1.165) is 18.7 Å². The quantitative estimate of drug-likeness (QED) is 0.846. The zero-order chi connectivity index (χ0) is 13.1. The number of ether oxygens (including phenoxy) is 1. The molecular formula is C16H30N2O. The molecule has 1 unspecified atom stereocenters. The van der Waals surface area contributed by atoms with E-state index in [-0.39, 0.29) is 0 Å². The lowest BCUT2D eigenvalue weighted by atomic mass is 9.73. The van der Waals surface area contributed by atoms with Crippen molar-refractivity contribution < 1.29 is 4.74 Å². The molecule has 3 nitrogen and oxygen atoms in total. The van der Waals surface area contributed by atoms with Crippen molar-refractivity contribution in [3.05, 3.63) is 0 Å². The Bertz CT molecular complexity index is 282. The van der Waals surface area contributed by atoms with Gasteiger partial charge in [0.05, 0.1) is 5.60 Å². The highest BCUT2D eigenvalue weighted by Gasteiger charge is 2.42. The molecule has 1 aliphatic carbocycles. The zero-order valence-electron chi connectivity index (χ0n) is 12.5. The Hall–Kier alpha value is -0.120. The summed E-state index contributed by atoms with van der Waals surface area (Å²) in [4.78, 5) is 2.62. The van der Waals surface area contributed by atoms with Crippen molar-refractivity contribution in [2.24, 2.45) is 0 Å². The van der Waals surface area contributed by atoms with Crippen LogP contribution in [-0.4, -0.2) is 48.8 Å². The topological polar surface area (TPSA) is 24.5 Å². The average molecular weight is 266 g/mol. The molecule has 110 valence electrons. The van der Waals surface area contributed by atoms with Gasteiger partial charge in [0, 0.05) is 18.7 Å². The molecule has 0 aromatic rings.